The monoisotopic (exact) mass is 321 g/mol. The standard InChI is InChI=1S/C18H15N3O3/c1-2-24-13-9-7-12(8-10-13)20-17(22)16-11-19-14-5-3-4-6-15(14)21(16)18(20)23/h3-11,22H,2H2,1H3. The number of aromatic nitrogens is 3. The molecule has 0 saturated heterocycles. The van der Waals surface area contributed by atoms with Crippen molar-refractivity contribution in [1.29, 1.82) is 0 Å². The molecule has 120 valence electrons. The van der Waals surface area contributed by atoms with Gasteiger partial charge in [-0.2, -0.15) is 0 Å². The second-order valence-electron chi connectivity index (χ2n) is 5.34. The van der Waals surface area contributed by atoms with Crippen LogP contribution in [0.4, 0.5) is 0 Å². The van der Waals surface area contributed by atoms with Gasteiger partial charge in [0.1, 0.15) is 11.3 Å². The maximum absolute atomic E-state index is 12.9. The van der Waals surface area contributed by atoms with Crippen molar-refractivity contribution in [2.24, 2.45) is 0 Å². The Bertz CT molecular complexity index is 1090. The highest BCUT2D eigenvalue weighted by atomic mass is 16.5. The van der Waals surface area contributed by atoms with E-state index >= 15 is 0 Å². The smallest absolute Gasteiger partial charge is 0.340 e. The summed E-state index contributed by atoms with van der Waals surface area (Å²) in [7, 11) is 0. The Balaban J connectivity index is 1.99. The lowest BCUT2D eigenvalue weighted by Gasteiger charge is -2.05. The van der Waals surface area contributed by atoms with E-state index in [9.17, 15) is 9.90 Å². The van der Waals surface area contributed by atoms with Gasteiger partial charge in [-0.25, -0.2) is 9.36 Å². The zero-order chi connectivity index (χ0) is 16.7. The van der Waals surface area contributed by atoms with Crippen molar-refractivity contribution >= 4 is 16.6 Å². The van der Waals surface area contributed by atoms with Gasteiger partial charge in [-0.1, -0.05) is 12.1 Å². The summed E-state index contributed by atoms with van der Waals surface area (Å²) in [6, 6.07) is 14.3. The third-order valence-electron chi connectivity index (χ3n) is 3.92. The van der Waals surface area contributed by atoms with E-state index in [1.54, 1.807) is 30.3 Å². The van der Waals surface area contributed by atoms with E-state index in [1.165, 1.54) is 15.2 Å². The first-order valence-corrected chi connectivity index (χ1v) is 7.64. The number of aromatic hydroxyl groups is 1. The van der Waals surface area contributed by atoms with Gasteiger partial charge in [0, 0.05) is 0 Å². The van der Waals surface area contributed by atoms with Gasteiger partial charge in [-0.15, -0.1) is 0 Å². The number of imidazole rings is 1. The van der Waals surface area contributed by atoms with Crippen LogP contribution in [-0.2, 0) is 0 Å². The average Bonchev–Trinajstić information content (AvgIpc) is 2.87. The Labute approximate surface area is 137 Å². The SMILES string of the molecule is CCOc1ccc(-n2c(O)c3cnc4ccccc4n3c2=O)cc1. The molecule has 4 aromatic rings. The summed E-state index contributed by atoms with van der Waals surface area (Å²) in [5, 5.41) is 10.5. The number of hydrogen-bond donors (Lipinski definition) is 1. The van der Waals surface area contributed by atoms with E-state index in [0.717, 1.165) is 0 Å². The van der Waals surface area contributed by atoms with Crippen LogP contribution in [0.5, 0.6) is 11.6 Å². The number of fused-ring (bicyclic) bond motifs is 3. The first kappa shape index (κ1) is 14.3. The molecule has 0 unspecified atom stereocenters. The summed E-state index contributed by atoms with van der Waals surface area (Å²) in [4.78, 5) is 17.2. The van der Waals surface area contributed by atoms with Crippen LogP contribution in [0.2, 0.25) is 0 Å². The minimum absolute atomic E-state index is 0.137. The highest BCUT2D eigenvalue weighted by Crippen LogP contribution is 2.25. The lowest BCUT2D eigenvalue weighted by molar-refractivity contribution is 0.340. The fourth-order valence-corrected chi connectivity index (χ4v) is 2.84. The molecule has 0 bridgehead atoms. The summed E-state index contributed by atoms with van der Waals surface area (Å²) in [5.74, 6) is 0.576. The molecule has 2 aromatic carbocycles. The summed E-state index contributed by atoms with van der Waals surface area (Å²) in [6.45, 7) is 2.47. The molecule has 2 aromatic heterocycles. The van der Waals surface area contributed by atoms with Crippen molar-refractivity contribution < 1.29 is 9.84 Å². The van der Waals surface area contributed by atoms with Crippen LogP contribution >= 0.6 is 0 Å². The number of para-hydroxylation sites is 2. The largest absolute Gasteiger partial charge is 0.494 e. The normalized spacial score (nSPS) is 11.2. The average molecular weight is 321 g/mol. The summed E-state index contributed by atoms with van der Waals surface area (Å²) < 4.78 is 8.14. The summed E-state index contributed by atoms with van der Waals surface area (Å²) in [5.41, 5.74) is 1.93. The van der Waals surface area contributed by atoms with E-state index in [4.69, 9.17) is 4.74 Å². The van der Waals surface area contributed by atoms with Crippen molar-refractivity contribution in [2.75, 3.05) is 6.61 Å². The van der Waals surface area contributed by atoms with Crippen LogP contribution < -0.4 is 10.4 Å². The second-order valence-corrected chi connectivity index (χ2v) is 5.34. The molecular weight excluding hydrogens is 306 g/mol. The molecule has 1 N–H and O–H groups in total. The van der Waals surface area contributed by atoms with E-state index in [-0.39, 0.29) is 11.6 Å². The molecule has 0 saturated carbocycles. The van der Waals surface area contributed by atoms with Crippen molar-refractivity contribution in [3.05, 3.63) is 65.2 Å². The van der Waals surface area contributed by atoms with Crippen molar-refractivity contribution in [2.45, 2.75) is 6.92 Å². The molecule has 0 spiro atoms. The Hall–Kier alpha value is -3.28. The number of benzene rings is 2. The number of nitrogens with zero attached hydrogens (tertiary/aromatic N) is 3. The molecule has 0 radical (unpaired) electrons. The number of ether oxygens (including phenoxy) is 1. The molecule has 0 amide bonds. The molecule has 2 heterocycles. The van der Waals surface area contributed by atoms with Gasteiger partial charge >= 0.3 is 5.69 Å². The molecule has 6 heteroatoms. The first-order chi connectivity index (χ1) is 11.7. The second kappa shape index (κ2) is 5.42. The molecule has 4 rings (SSSR count). The highest BCUT2D eigenvalue weighted by molar-refractivity contribution is 5.79. The fourth-order valence-electron chi connectivity index (χ4n) is 2.84. The van der Waals surface area contributed by atoms with Gasteiger partial charge in [-0.3, -0.25) is 9.38 Å². The number of hydrogen-bond acceptors (Lipinski definition) is 4. The maximum Gasteiger partial charge on any atom is 0.340 e. The van der Waals surface area contributed by atoms with Crippen LogP contribution in [0.15, 0.2) is 59.5 Å². The topological polar surface area (TPSA) is 68.8 Å². The molecule has 0 aliphatic rings. The van der Waals surface area contributed by atoms with E-state index in [0.29, 0.717) is 34.6 Å². The van der Waals surface area contributed by atoms with Crippen LogP contribution in [0, 0.1) is 0 Å². The van der Waals surface area contributed by atoms with Gasteiger partial charge in [-0.05, 0) is 43.3 Å². The van der Waals surface area contributed by atoms with E-state index in [1.807, 2.05) is 25.1 Å². The molecule has 0 fully saturated rings. The fraction of sp³-hybridized carbons (Fsp3) is 0.111. The summed E-state index contributed by atoms with van der Waals surface area (Å²) >= 11 is 0. The van der Waals surface area contributed by atoms with Gasteiger partial charge in [0.2, 0.25) is 5.88 Å². The predicted octanol–water partition coefficient (Wildman–Crippen LogP) is 2.74. The molecule has 0 atom stereocenters. The van der Waals surface area contributed by atoms with Gasteiger partial charge < -0.3 is 9.84 Å². The Morgan fingerprint density at radius 3 is 2.58 bits per heavy atom. The predicted molar refractivity (Wildman–Crippen MR) is 91.1 cm³/mol. The van der Waals surface area contributed by atoms with Crippen molar-refractivity contribution in [3.63, 3.8) is 0 Å². The van der Waals surface area contributed by atoms with Crippen molar-refractivity contribution in [3.8, 4) is 17.3 Å². The van der Waals surface area contributed by atoms with Gasteiger partial charge in [0.15, 0.2) is 0 Å². The summed E-state index contributed by atoms with van der Waals surface area (Å²) in [6.07, 6.45) is 1.50. The Morgan fingerprint density at radius 2 is 1.83 bits per heavy atom. The maximum atomic E-state index is 12.9. The van der Waals surface area contributed by atoms with Crippen LogP contribution in [-0.4, -0.2) is 25.7 Å². The highest BCUT2D eigenvalue weighted by Gasteiger charge is 2.17. The molecule has 0 aliphatic heterocycles. The molecule has 24 heavy (non-hydrogen) atoms. The molecule has 0 aliphatic carbocycles. The third-order valence-corrected chi connectivity index (χ3v) is 3.92. The van der Waals surface area contributed by atoms with Gasteiger partial charge in [0.05, 0.1) is 29.5 Å². The Kier molecular flexibility index (Phi) is 3.23. The van der Waals surface area contributed by atoms with Crippen molar-refractivity contribution in [1.82, 2.24) is 14.0 Å². The van der Waals surface area contributed by atoms with Crippen LogP contribution in [0.25, 0.3) is 22.2 Å². The Morgan fingerprint density at radius 1 is 1.08 bits per heavy atom. The molecule has 6 nitrogen and oxygen atoms in total. The quantitative estimate of drug-likeness (QED) is 0.630. The molecular formula is C18H15N3O3. The third kappa shape index (κ3) is 2.04. The lowest BCUT2D eigenvalue weighted by Crippen LogP contribution is -2.19. The number of rotatable bonds is 3. The zero-order valence-corrected chi connectivity index (χ0v) is 13.0. The van der Waals surface area contributed by atoms with E-state index < -0.39 is 0 Å². The first-order valence-electron chi connectivity index (χ1n) is 7.64. The zero-order valence-electron chi connectivity index (χ0n) is 13.0. The minimum Gasteiger partial charge on any atom is -0.494 e. The van der Waals surface area contributed by atoms with Gasteiger partial charge in [0.25, 0.3) is 0 Å². The van der Waals surface area contributed by atoms with E-state index in [2.05, 4.69) is 4.98 Å². The minimum atomic E-state index is -0.342. The van der Waals surface area contributed by atoms with Crippen LogP contribution in [0.1, 0.15) is 6.92 Å². The van der Waals surface area contributed by atoms with Crippen LogP contribution in [0.3, 0.4) is 0 Å². The lowest BCUT2D eigenvalue weighted by atomic mass is 10.3.